The van der Waals surface area contributed by atoms with Gasteiger partial charge in [-0.15, -0.1) is 0 Å². The smallest absolute Gasteiger partial charge is 0.142 e. The summed E-state index contributed by atoms with van der Waals surface area (Å²) >= 11 is 0. The standard InChI is InChI=1S/C15H24N2O2/c1-12-4-5-14(15(10-12)19-3)17-8-6-16(7-9-17)11-13(2)18/h4-5,10,13,18H,6-9,11H2,1-3H3. The fraction of sp³-hybridized carbons (Fsp3) is 0.600. The number of piperazine rings is 1. The molecule has 4 heteroatoms. The zero-order valence-electron chi connectivity index (χ0n) is 12.1. The zero-order valence-corrected chi connectivity index (χ0v) is 12.1. The maximum Gasteiger partial charge on any atom is 0.142 e. The summed E-state index contributed by atoms with van der Waals surface area (Å²) in [7, 11) is 1.72. The second kappa shape index (κ2) is 6.26. The molecule has 0 aliphatic carbocycles. The molecule has 19 heavy (non-hydrogen) atoms. The molecule has 0 saturated carbocycles. The number of rotatable bonds is 4. The van der Waals surface area contributed by atoms with Gasteiger partial charge >= 0.3 is 0 Å². The van der Waals surface area contributed by atoms with Crippen LogP contribution in [0.2, 0.25) is 0 Å². The molecule has 1 heterocycles. The van der Waals surface area contributed by atoms with Crippen molar-refractivity contribution < 1.29 is 9.84 Å². The summed E-state index contributed by atoms with van der Waals surface area (Å²) in [5, 5.41) is 9.42. The number of aryl methyl sites for hydroxylation is 1. The van der Waals surface area contributed by atoms with Crippen molar-refractivity contribution in [3.63, 3.8) is 0 Å². The van der Waals surface area contributed by atoms with Gasteiger partial charge in [-0.3, -0.25) is 4.90 Å². The maximum absolute atomic E-state index is 9.42. The van der Waals surface area contributed by atoms with E-state index in [9.17, 15) is 5.11 Å². The number of aliphatic hydroxyl groups is 1. The van der Waals surface area contributed by atoms with Gasteiger partial charge in [0, 0.05) is 32.7 Å². The topological polar surface area (TPSA) is 35.9 Å². The fourth-order valence-electron chi connectivity index (χ4n) is 2.59. The fourth-order valence-corrected chi connectivity index (χ4v) is 2.59. The Morgan fingerprint density at radius 1 is 1.26 bits per heavy atom. The third-order valence-electron chi connectivity index (χ3n) is 3.57. The molecule has 1 aliphatic heterocycles. The minimum atomic E-state index is -0.250. The monoisotopic (exact) mass is 264 g/mol. The summed E-state index contributed by atoms with van der Waals surface area (Å²) in [5.41, 5.74) is 2.39. The predicted molar refractivity (Wildman–Crippen MR) is 78.1 cm³/mol. The van der Waals surface area contributed by atoms with Gasteiger partial charge in [-0.2, -0.15) is 0 Å². The van der Waals surface area contributed by atoms with Gasteiger partial charge in [0.2, 0.25) is 0 Å². The molecule has 106 valence electrons. The number of nitrogens with zero attached hydrogens (tertiary/aromatic N) is 2. The van der Waals surface area contributed by atoms with Crippen LogP contribution in [-0.2, 0) is 0 Å². The molecule has 0 radical (unpaired) electrons. The Balaban J connectivity index is 2.01. The van der Waals surface area contributed by atoms with Crippen LogP contribution < -0.4 is 9.64 Å². The van der Waals surface area contributed by atoms with Crippen molar-refractivity contribution in [3.05, 3.63) is 23.8 Å². The van der Waals surface area contributed by atoms with E-state index in [0.29, 0.717) is 0 Å². The highest BCUT2D eigenvalue weighted by molar-refractivity contribution is 5.60. The van der Waals surface area contributed by atoms with Gasteiger partial charge in [-0.1, -0.05) is 6.07 Å². The van der Waals surface area contributed by atoms with Gasteiger partial charge in [0.25, 0.3) is 0 Å². The quantitative estimate of drug-likeness (QED) is 0.894. The number of benzene rings is 1. The summed E-state index contributed by atoms with van der Waals surface area (Å²) in [4.78, 5) is 4.67. The number of anilines is 1. The zero-order chi connectivity index (χ0) is 13.8. The van der Waals surface area contributed by atoms with Crippen molar-refractivity contribution in [1.82, 2.24) is 4.90 Å². The Bertz CT molecular complexity index is 413. The Labute approximate surface area is 115 Å². The molecule has 1 aromatic rings. The summed E-state index contributed by atoms with van der Waals surface area (Å²) in [6.45, 7) is 8.61. The molecule has 1 atom stereocenters. The highest BCUT2D eigenvalue weighted by Gasteiger charge is 2.20. The lowest BCUT2D eigenvalue weighted by atomic mass is 10.1. The lowest BCUT2D eigenvalue weighted by Gasteiger charge is -2.37. The Morgan fingerprint density at radius 2 is 1.95 bits per heavy atom. The summed E-state index contributed by atoms with van der Waals surface area (Å²) in [6.07, 6.45) is -0.250. The third-order valence-corrected chi connectivity index (χ3v) is 3.57. The van der Waals surface area contributed by atoms with Crippen LogP contribution in [0, 0.1) is 6.92 Å². The number of β-amino-alcohol motifs (C(OH)–C–C–N with tert-alkyl or cyclic N) is 1. The van der Waals surface area contributed by atoms with Crippen molar-refractivity contribution in [1.29, 1.82) is 0 Å². The minimum Gasteiger partial charge on any atom is -0.495 e. The molecule has 1 saturated heterocycles. The second-order valence-electron chi connectivity index (χ2n) is 5.31. The highest BCUT2D eigenvalue weighted by Crippen LogP contribution is 2.29. The number of methoxy groups -OCH3 is 1. The second-order valence-corrected chi connectivity index (χ2v) is 5.31. The van der Waals surface area contributed by atoms with Gasteiger partial charge in [-0.05, 0) is 31.5 Å². The van der Waals surface area contributed by atoms with E-state index in [4.69, 9.17) is 4.74 Å². The summed E-state index contributed by atoms with van der Waals surface area (Å²) in [6, 6.07) is 6.34. The first kappa shape index (κ1) is 14.2. The van der Waals surface area contributed by atoms with Crippen LogP contribution in [0.4, 0.5) is 5.69 Å². The van der Waals surface area contributed by atoms with Gasteiger partial charge in [0.15, 0.2) is 0 Å². The Kier molecular flexibility index (Phi) is 4.66. The lowest BCUT2D eigenvalue weighted by Crippen LogP contribution is -2.48. The van der Waals surface area contributed by atoms with Gasteiger partial charge in [-0.25, -0.2) is 0 Å². The normalized spacial score (nSPS) is 18.4. The Morgan fingerprint density at radius 3 is 2.53 bits per heavy atom. The summed E-state index contributed by atoms with van der Waals surface area (Å²) in [5.74, 6) is 0.948. The number of hydrogen-bond acceptors (Lipinski definition) is 4. The van der Waals surface area contributed by atoms with Crippen LogP contribution in [0.15, 0.2) is 18.2 Å². The average Bonchev–Trinajstić information content (AvgIpc) is 2.39. The van der Waals surface area contributed by atoms with Crippen molar-refractivity contribution in [3.8, 4) is 5.75 Å². The van der Waals surface area contributed by atoms with Crippen LogP contribution in [0.3, 0.4) is 0 Å². The molecule has 4 nitrogen and oxygen atoms in total. The first-order valence-electron chi connectivity index (χ1n) is 6.90. The average molecular weight is 264 g/mol. The maximum atomic E-state index is 9.42. The van der Waals surface area contributed by atoms with Crippen LogP contribution >= 0.6 is 0 Å². The van der Waals surface area contributed by atoms with Crippen molar-refractivity contribution in [2.24, 2.45) is 0 Å². The molecule has 1 unspecified atom stereocenters. The van der Waals surface area contributed by atoms with Crippen LogP contribution in [0.5, 0.6) is 5.75 Å². The van der Waals surface area contributed by atoms with Crippen molar-refractivity contribution in [2.75, 3.05) is 44.7 Å². The van der Waals surface area contributed by atoms with E-state index < -0.39 is 0 Å². The molecule has 0 bridgehead atoms. The summed E-state index contributed by atoms with van der Waals surface area (Å²) < 4.78 is 5.48. The lowest BCUT2D eigenvalue weighted by molar-refractivity contribution is 0.122. The molecule has 0 amide bonds. The van der Waals surface area contributed by atoms with Crippen molar-refractivity contribution in [2.45, 2.75) is 20.0 Å². The molecular weight excluding hydrogens is 240 g/mol. The van der Waals surface area contributed by atoms with E-state index in [2.05, 4.69) is 34.9 Å². The molecular formula is C15H24N2O2. The minimum absolute atomic E-state index is 0.250. The first-order chi connectivity index (χ1) is 9.10. The molecule has 1 aliphatic rings. The van der Waals surface area contributed by atoms with E-state index in [-0.39, 0.29) is 6.10 Å². The molecule has 1 N–H and O–H groups in total. The van der Waals surface area contributed by atoms with E-state index in [1.165, 1.54) is 11.3 Å². The van der Waals surface area contributed by atoms with Crippen molar-refractivity contribution >= 4 is 5.69 Å². The van der Waals surface area contributed by atoms with Crippen LogP contribution in [0.25, 0.3) is 0 Å². The Hall–Kier alpha value is -1.26. The van der Waals surface area contributed by atoms with Crippen LogP contribution in [-0.4, -0.2) is 55.9 Å². The first-order valence-corrected chi connectivity index (χ1v) is 6.90. The van der Waals surface area contributed by atoms with E-state index in [1.807, 2.05) is 6.92 Å². The molecule has 0 spiro atoms. The molecule has 1 aromatic carbocycles. The third kappa shape index (κ3) is 3.61. The number of aliphatic hydroxyl groups excluding tert-OH is 1. The number of ether oxygens (including phenoxy) is 1. The van der Waals surface area contributed by atoms with E-state index >= 15 is 0 Å². The van der Waals surface area contributed by atoms with E-state index in [1.54, 1.807) is 7.11 Å². The van der Waals surface area contributed by atoms with E-state index in [0.717, 1.165) is 38.5 Å². The molecule has 1 fully saturated rings. The highest BCUT2D eigenvalue weighted by atomic mass is 16.5. The molecule has 2 rings (SSSR count). The van der Waals surface area contributed by atoms with Gasteiger partial charge < -0.3 is 14.7 Å². The number of hydrogen-bond donors (Lipinski definition) is 1. The van der Waals surface area contributed by atoms with Gasteiger partial charge in [0.05, 0.1) is 18.9 Å². The largest absolute Gasteiger partial charge is 0.495 e. The predicted octanol–water partition coefficient (Wildman–Crippen LogP) is 1.51. The SMILES string of the molecule is COc1cc(C)ccc1N1CCN(CC(C)O)CC1. The van der Waals surface area contributed by atoms with Gasteiger partial charge in [0.1, 0.15) is 5.75 Å². The molecule has 0 aromatic heterocycles. The van der Waals surface area contributed by atoms with Crippen LogP contribution in [0.1, 0.15) is 12.5 Å².